The number of nitrogens with zero attached hydrogens (tertiary/aromatic N) is 3. The summed E-state index contributed by atoms with van der Waals surface area (Å²) in [5.74, 6) is -4.12. The minimum atomic E-state index is -1.52. The van der Waals surface area contributed by atoms with Crippen LogP contribution >= 0.6 is 11.6 Å². The number of rotatable bonds is 4. The molecule has 0 saturated carbocycles. The van der Waals surface area contributed by atoms with Gasteiger partial charge in [-0.3, -0.25) is 19.7 Å². The van der Waals surface area contributed by atoms with E-state index in [1.807, 2.05) is 0 Å². The summed E-state index contributed by atoms with van der Waals surface area (Å²) in [5, 5.41) is 0.385. The largest absolute Gasteiger partial charge is 0.400 e. The molecule has 172 valence electrons. The molecule has 0 amide bonds. The molecule has 3 aliphatic rings. The van der Waals surface area contributed by atoms with Gasteiger partial charge in [-0.25, -0.2) is 13.2 Å². The molecule has 0 aliphatic carbocycles. The Labute approximate surface area is 194 Å². The molecule has 0 bridgehead atoms. The number of hydrogen-bond acceptors (Lipinski definition) is 5. The summed E-state index contributed by atoms with van der Waals surface area (Å²) in [6.45, 7) is 1.77. The number of aromatic nitrogens is 1. The number of carbonyl (C=O) groups is 1. The molecule has 2 fully saturated rings. The smallest absolute Gasteiger partial charge is 0.194 e. The fourth-order valence-corrected chi connectivity index (χ4v) is 6.11. The van der Waals surface area contributed by atoms with Crippen molar-refractivity contribution in [1.29, 1.82) is 0 Å². The number of pyridine rings is 1. The fourth-order valence-electron chi connectivity index (χ4n) is 5.83. The third-order valence-electron chi connectivity index (χ3n) is 7.30. The van der Waals surface area contributed by atoms with Gasteiger partial charge in [0.25, 0.3) is 0 Å². The second-order valence-corrected chi connectivity index (χ2v) is 9.30. The molecule has 1 aromatic heterocycles. The van der Waals surface area contributed by atoms with Crippen molar-refractivity contribution in [2.24, 2.45) is 10.7 Å². The molecule has 3 aliphatic heterocycles. The first-order valence-electron chi connectivity index (χ1n) is 10.7. The normalized spacial score (nSPS) is 26.9. The Hall–Kier alpha value is -2.71. The van der Waals surface area contributed by atoms with Crippen molar-refractivity contribution < 1.29 is 18.0 Å². The average Bonchev–Trinajstić information content (AvgIpc) is 3.06. The molecule has 9 heteroatoms. The van der Waals surface area contributed by atoms with Gasteiger partial charge >= 0.3 is 0 Å². The summed E-state index contributed by atoms with van der Waals surface area (Å²) < 4.78 is 41.3. The number of aliphatic imine (C=N–C) groups is 1. The zero-order valence-corrected chi connectivity index (χ0v) is 18.9. The van der Waals surface area contributed by atoms with E-state index in [1.165, 1.54) is 7.05 Å². The van der Waals surface area contributed by atoms with E-state index in [2.05, 4.69) is 14.9 Å². The molecule has 4 heterocycles. The molecule has 0 radical (unpaired) electrons. The Morgan fingerprint density at radius 3 is 2.64 bits per heavy atom. The van der Waals surface area contributed by atoms with Crippen molar-refractivity contribution in [3.05, 3.63) is 75.0 Å². The molecular weight excluding hydrogens is 453 g/mol. The average molecular weight is 475 g/mol. The molecule has 5 nitrogen and oxygen atoms in total. The summed E-state index contributed by atoms with van der Waals surface area (Å²) in [6.07, 6.45) is 4.00. The highest BCUT2D eigenvalue weighted by Gasteiger charge is 2.65. The lowest BCUT2D eigenvalue weighted by Crippen LogP contribution is -2.71. The molecule has 5 rings (SSSR count). The van der Waals surface area contributed by atoms with Crippen molar-refractivity contribution in [1.82, 2.24) is 9.88 Å². The van der Waals surface area contributed by atoms with Gasteiger partial charge in [0, 0.05) is 36.2 Å². The molecule has 2 N–H and O–H groups in total. The summed E-state index contributed by atoms with van der Waals surface area (Å²) in [4.78, 5) is 24.3. The van der Waals surface area contributed by atoms with Crippen LogP contribution in [0.1, 0.15) is 47.3 Å². The first-order valence-corrected chi connectivity index (χ1v) is 11.1. The van der Waals surface area contributed by atoms with Gasteiger partial charge in [-0.1, -0.05) is 11.6 Å². The Bertz CT molecular complexity index is 1220. The van der Waals surface area contributed by atoms with Crippen molar-refractivity contribution in [2.75, 3.05) is 7.05 Å². The van der Waals surface area contributed by atoms with Crippen molar-refractivity contribution in [2.45, 2.75) is 50.2 Å². The number of carbonyl (C=O) groups excluding carboxylic acids is 1. The van der Waals surface area contributed by atoms with Gasteiger partial charge in [0.1, 0.15) is 0 Å². The first kappa shape index (κ1) is 22.1. The maximum atomic E-state index is 13.9. The van der Waals surface area contributed by atoms with Gasteiger partial charge in [0.15, 0.2) is 23.2 Å². The van der Waals surface area contributed by atoms with E-state index in [0.29, 0.717) is 52.5 Å². The van der Waals surface area contributed by atoms with Crippen LogP contribution in [0.4, 0.5) is 13.2 Å². The molecule has 2 saturated heterocycles. The lowest BCUT2D eigenvalue weighted by molar-refractivity contribution is -0.0352. The SMILES string of the molecule is CN=C(C1=C(N)C2CC3(C(=O)c4c(Cl)ccnc4C)CCC(C1)N23)c1cc(F)c(F)c(F)c1. The molecule has 0 spiro atoms. The van der Waals surface area contributed by atoms with Gasteiger partial charge in [-0.2, -0.15) is 0 Å². The van der Waals surface area contributed by atoms with E-state index in [1.54, 1.807) is 19.2 Å². The zero-order chi connectivity index (χ0) is 23.7. The van der Waals surface area contributed by atoms with Gasteiger partial charge < -0.3 is 5.73 Å². The van der Waals surface area contributed by atoms with Gasteiger partial charge in [0.2, 0.25) is 0 Å². The molecule has 33 heavy (non-hydrogen) atoms. The van der Waals surface area contributed by atoms with E-state index in [9.17, 15) is 18.0 Å². The minimum absolute atomic E-state index is 0.0256. The lowest BCUT2D eigenvalue weighted by atomic mass is 9.70. The highest BCUT2D eigenvalue weighted by Crippen LogP contribution is 2.56. The molecule has 1 aromatic carbocycles. The van der Waals surface area contributed by atoms with Crippen molar-refractivity contribution >= 4 is 23.1 Å². The predicted octanol–water partition coefficient (Wildman–Crippen LogP) is 4.35. The van der Waals surface area contributed by atoms with Crippen LogP contribution in [0.5, 0.6) is 0 Å². The highest BCUT2D eigenvalue weighted by molar-refractivity contribution is 6.34. The van der Waals surface area contributed by atoms with Crippen LogP contribution in [-0.4, -0.2) is 46.0 Å². The fraction of sp³-hybridized carbons (Fsp3) is 0.375. The highest BCUT2D eigenvalue weighted by atomic mass is 35.5. The monoisotopic (exact) mass is 474 g/mol. The van der Waals surface area contributed by atoms with E-state index >= 15 is 0 Å². The van der Waals surface area contributed by atoms with Gasteiger partial charge in [-0.15, -0.1) is 0 Å². The van der Waals surface area contributed by atoms with Crippen LogP contribution in [0.15, 0.2) is 40.7 Å². The number of ketones is 1. The van der Waals surface area contributed by atoms with E-state index in [-0.39, 0.29) is 23.4 Å². The van der Waals surface area contributed by atoms with Crippen molar-refractivity contribution in [3.63, 3.8) is 0 Å². The van der Waals surface area contributed by atoms with Crippen LogP contribution in [0.25, 0.3) is 0 Å². The molecule has 3 atom stereocenters. The zero-order valence-electron chi connectivity index (χ0n) is 18.1. The van der Waals surface area contributed by atoms with Crippen LogP contribution in [0.2, 0.25) is 5.02 Å². The summed E-state index contributed by atoms with van der Waals surface area (Å²) >= 11 is 6.36. The number of nitrogens with two attached hydrogens (primary N) is 1. The first-order chi connectivity index (χ1) is 15.7. The van der Waals surface area contributed by atoms with E-state index in [0.717, 1.165) is 18.6 Å². The topological polar surface area (TPSA) is 71.6 Å². The van der Waals surface area contributed by atoms with Crippen LogP contribution in [-0.2, 0) is 0 Å². The van der Waals surface area contributed by atoms with Crippen LogP contribution < -0.4 is 5.73 Å². The molecular formula is C24H22ClF3N4O. The standard InChI is InChI=1S/C24H22ClF3N4O/c1-11-19(15(25)4-6-31-11)23(33)24-5-3-13-9-14(21(29)18(10-24)32(13)24)22(30-2)12-7-16(26)20(28)17(27)8-12/h4,6-8,13,18H,3,5,9-10,29H2,1-2H3. The van der Waals surface area contributed by atoms with Crippen LogP contribution in [0.3, 0.4) is 0 Å². The number of Topliss-reactive ketones (excluding diaryl/α,β-unsaturated/α-hetero) is 1. The summed E-state index contributed by atoms with van der Waals surface area (Å²) in [7, 11) is 1.51. The molecule has 2 aromatic rings. The van der Waals surface area contributed by atoms with Gasteiger partial charge in [-0.05, 0) is 56.4 Å². The Morgan fingerprint density at radius 1 is 1.30 bits per heavy atom. The minimum Gasteiger partial charge on any atom is -0.400 e. The van der Waals surface area contributed by atoms with Crippen molar-refractivity contribution in [3.8, 4) is 0 Å². The quantitative estimate of drug-likeness (QED) is 0.406. The van der Waals surface area contributed by atoms with Crippen LogP contribution in [0, 0.1) is 24.4 Å². The molecule has 3 unspecified atom stereocenters. The lowest BCUT2D eigenvalue weighted by Gasteiger charge is -2.58. The number of halogens is 4. The summed E-state index contributed by atoms with van der Waals surface area (Å²) in [5.41, 5.74) is 8.59. The number of benzene rings is 1. The third kappa shape index (κ3) is 3.07. The summed E-state index contributed by atoms with van der Waals surface area (Å²) in [6, 6.07) is 3.33. The number of aryl methyl sites for hydroxylation is 1. The second kappa shape index (κ2) is 7.67. The Kier molecular flexibility index (Phi) is 5.14. The Balaban J connectivity index is 1.51. The van der Waals surface area contributed by atoms with Gasteiger partial charge in [0.05, 0.1) is 27.9 Å². The maximum Gasteiger partial charge on any atom is 0.194 e. The maximum absolute atomic E-state index is 13.9. The Morgan fingerprint density at radius 2 is 2.00 bits per heavy atom. The number of hydrogen-bond donors (Lipinski definition) is 1. The van der Waals surface area contributed by atoms with E-state index < -0.39 is 23.0 Å². The third-order valence-corrected chi connectivity index (χ3v) is 7.61. The second-order valence-electron chi connectivity index (χ2n) is 8.90. The van der Waals surface area contributed by atoms with E-state index in [4.69, 9.17) is 17.3 Å². The predicted molar refractivity (Wildman–Crippen MR) is 119 cm³/mol.